The lowest BCUT2D eigenvalue weighted by atomic mass is 10.2. The first-order chi connectivity index (χ1) is 14.8. The van der Waals surface area contributed by atoms with E-state index in [9.17, 15) is 13.2 Å². The number of halogens is 2. The number of amides is 1. The van der Waals surface area contributed by atoms with Crippen LogP contribution in [0.3, 0.4) is 0 Å². The lowest BCUT2D eigenvalue weighted by Crippen LogP contribution is -2.44. The molecule has 1 N–H and O–H groups in total. The number of sulfonamides is 1. The number of piperazine rings is 1. The van der Waals surface area contributed by atoms with Crippen LogP contribution in [0.4, 0.5) is 0 Å². The summed E-state index contributed by atoms with van der Waals surface area (Å²) in [5.74, 6) is -0.403. The maximum absolute atomic E-state index is 13.0. The van der Waals surface area contributed by atoms with Gasteiger partial charge in [-0.1, -0.05) is 23.2 Å². The second-order valence-corrected chi connectivity index (χ2v) is 10.6. The van der Waals surface area contributed by atoms with E-state index in [1.54, 1.807) is 0 Å². The highest BCUT2D eigenvalue weighted by Gasteiger charge is 2.30. The van der Waals surface area contributed by atoms with Crippen LogP contribution in [0.1, 0.15) is 23.2 Å². The maximum atomic E-state index is 13.0. The molecule has 31 heavy (non-hydrogen) atoms. The third kappa shape index (κ3) is 6.54. The molecule has 174 valence electrons. The van der Waals surface area contributed by atoms with Crippen LogP contribution in [0.15, 0.2) is 17.0 Å². The molecular weight excluding hydrogens is 463 g/mol. The summed E-state index contributed by atoms with van der Waals surface area (Å²) < 4.78 is 32.5. The van der Waals surface area contributed by atoms with Gasteiger partial charge in [-0.2, -0.15) is 4.31 Å². The van der Waals surface area contributed by atoms with E-state index >= 15 is 0 Å². The number of nitrogens with one attached hydrogen (secondary N) is 1. The number of hydrogen-bond donors (Lipinski definition) is 1. The van der Waals surface area contributed by atoms with Crippen LogP contribution in [0, 0.1) is 0 Å². The molecule has 0 unspecified atom stereocenters. The second kappa shape index (κ2) is 11.3. The van der Waals surface area contributed by atoms with E-state index in [0.717, 1.165) is 45.6 Å². The van der Waals surface area contributed by atoms with Gasteiger partial charge in [-0.15, -0.1) is 0 Å². The zero-order chi connectivity index (χ0) is 22.4. The van der Waals surface area contributed by atoms with Crippen molar-refractivity contribution in [2.45, 2.75) is 17.7 Å². The summed E-state index contributed by atoms with van der Waals surface area (Å²) in [5, 5.41) is 2.97. The number of carbonyl (C=O) groups is 1. The molecule has 0 aromatic heterocycles. The Morgan fingerprint density at radius 2 is 1.71 bits per heavy atom. The Morgan fingerprint density at radius 1 is 1.03 bits per heavy atom. The largest absolute Gasteiger partial charge is 0.379 e. The number of morpholine rings is 1. The van der Waals surface area contributed by atoms with E-state index in [1.165, 1.54) is 16.4 Å². The maximum Gasteiger partial charge on any atom is 0.252 e. The number of ether oxygens (including phenoxy) is 1. The first-order valence-corrected chi connectivity index (χ1v) is 12.7. The number of nitrogens with zero attached hydrogens (tertiary/aromatic N) is 3. The highest BCUT2D eigenvalue weighted by molar-refractivity contribution is 7.89. The number of carbonyl (C=O) groups excluding carboxylic acids is 1. The lowest BCUT2D eigenvalue weighted by Gasteiger charge is -2.32. The molecule has 1 aromatic carbocycles. The first kappa shape index (κ1) is 24.7. The molecule has 2 fully saturated rings. The van der Waals surface area contributed by atoms with Crippen LogP contribution in [-0.2, 0) is 14.8 Å². The van der Waals surface area contributed by atoms with Crippen molar-refractivity contribution in [3.63, 3.8) is 0 Å². The SMILES string of the molecule is CN1CCN(CCCCNC(=O)c2cc(S(=O)(=O)N3CCOCC3)c(Cl)cc2Cl)CC1. The number of hydrogen-bond acceptors (Lipinski definition) is 6. The fraction of sp³-hybridized carbons (Fsp3) is 0.650. The second-order valence-electron chi connectivity index (χ2n) is 7.89. The number of likely N-dealkylation sites (N-methyl/N-ethyl adjacent to an activating group) is 1. The van der Waals surface area contributed by atoms with Gasteiger partial charge >= 0.3 is 0 Å². The van der Waals surface area contributed by atoms with Gasteiger partial charge in [0.05, 0.1) is 28.8 Å². The topological polar surface area (TPSA) is 82.2 Å². The quantitative estimate of drug-likeness (QED) is 0.556. The minimum Gasteiger partial charge on any atom is -0.379 e. The molecule has 0 bridgehead atoms. The lowest BCUT2D eigenvalue weighted by molar-refractivity contribution is 0.0730. The fourth-order valence-electron chi connectivity index (χ4n) is 3.66. The van der Waals surface area contributed by atoms with E-state index < -0.39 is 15.9 Å². The standard InChI is InChI=1S/C20H30Cl2N4O4S/c1-24-6-8-25(9-7-24)5-3-2-4-23-20(27)16-14-19(18(22)15-17(16)21)31(28,29)26-10-12-30-13-11-26/h14-15H,2-13H2,1H3,(H,23,27). The van der Waals surface area contributed by atoms with Crippen LogP contribution in [0.2, 0.25) is 10.0 Å². The van der Waals surface area contributed by atoms with Crippen LogP contribution < -0.4 is 5.32 Å². The molecule has 0 atom stereocenters. The minimum atomic E-state index is -3.84. The molecule has 2 saturated heterocycles. The summed E-state index contributed by atoms with van der Waals surface area (Å²) >= 11 is 12.4. The Balaban J connectivity index is 1.56. The summed E-state index contributed by atoms with van der Waals surface area (Å²) in [7, 11) is -1.71. The molecule has 2 aliphatic heterocycles. The van der Waals surface area contributed by atoms with Crippen molar-refractivity contribution in [1.82, 2.24) is 19.4 Å². The molecular formula is C20H30Cl2N4O4S. The van der Waals surface area contributed by atoms with Crippen LogP contribution in [-0.4, -0.2) is 101 Å². The smallest absolute Gasteiger partial charge is 0.252 e. The highest BCUT2D eigenvalue weighted by Crippen LogP contribution is 2.31. The minimum absolute atomic E-state index is 0.000202. The summed E-state index contributed by atoms with van der Waals surface area (Å²) in [6, 6.07) is 2.59. The van der Waals surface area contributed by atoms with Gasteiger partial charge in [-0.25, -0.2) is 8.42 Å². The third-order valence-electron chi connectivity index (χ3n) is 5.64. The Kier molecular flexibility index (Phi) is 8.98. The number of unbranched alkanes of at least 4 members (excludes halogenated alkanes) is 1. The molecule has 3 rings (SSSR count). The van der Waals surface area contributed by atoms with Crippen molar-refractivity contribution in [3.8, 4) is 0 Å². The van der Waals surface area contributed by atoms with E-state index in [-0.39, 0.29) is 33.6 Å². The summed E-state index contributed by atoms with van der Waals surface area (Å²) in [6.07, 6.45) is 1.82. The molecule has 0 radical (unpaired) electrons. The molecule has 2 aliphatic rings. The van der Waals surface area contributed by atoms with Gasteiger partial charge in [-0.05, 0) is 38.6 Å². The third-order valence-corrected chi connectivity index (χ3v) is 8.31. The first-order valence-electron chi connectivity index (χ1n) is 10.5. The van der Waals surface area contributed by atoms with Crippen LogP contribution >= 0.6 is 23.2 Å². The summed E-state index contributed by atoms with van der Waals surface area (Å²) in [4.78, 5) is 17.3. The molecule has 1 amide bonds. The summed E-state index contributed by atoms with van der Waals surface area (Å²) in [6.45, 7) is 6.96. The Morgan fingerprint density at radius 3 is 2.39 bits per heavy atom. The number of benzene rings is 1. The predicted molar refractivity (Wildman–Crippen MR) is 122 cm³/mol. The van der Waals surface area contributed by atoms with E-state index in [1.807, 2.05) is 0 Å². The molecule has 1 aromatic rings. The molecule has 2 heterocycles. The summed E-state index contributed by atoms with van der Waals surface area (Å²) in [5.41, 5.74) is 0.108. The molecule has 0 aliphatic carbocycles. The number of rotatable bonds is 8. The van der Waals surface area contributed by atoms with E-state index in [0.29, 0.717) is 19.8 Å². The zero-order valence-electron chi connectivity index (χ0n) is 17.8. The zero-order valence-corrected chi connectivity index (χ0v) is 20.1. The van der Waals surface area contributed by atoms with Gasteiger partial charge in [0.15, 0.2) is 0 Å². The van der Waals surface area contributed by atoms with Crippen molar-refractivity contribution in [3.05, 3.63) is 27.7 Å². The van der Waals surface area contributed by atoms with Crippen molar-refractivity contribution in [1.29, 1.82) is 0 Å². The predicted octanol–water partition coefficient (Wildman–Crippen LogP) is 1.77. The molecule has 0 saturated carbocycles. The van der Waals surface area contributed by atoms with Gasteiger partial charge in [0, 0.05) is 45.8 Å². The molecule has 8 nitrogen and oxygen atoms in total. The van der Waals surface area contributed by atoms with Crippen molar-refractivity contribution in [2.75, 3.05) is 72.6 Å². The van der Waals surface area contributed by atoms with E-state index in [4.69, 9.17) is 27.9 Å². The highest BCUT2D eigenvalue weighted by atomic mass is 35.5. The van der Waals surface area contributed by atoms with Gasteiger partial charge < -0.3 is 19.9 Å². The molecule has 0 spiro atoms. The fourth-order valence-corrected chi connectivity index (χ4v) is 5.90. The van der Waals surface area contributed by atoms with Gasteiger partial charge in [0.2, 0.25) is 10.0 Å². The average molecular weight is 493 g/mol. The van der Waals surface area contributed by atoms with Crippen LogP contribution in [0.25, 0.3) is 0 Å². The molecule has 11 heteroatoms. The monoisotopic (exact) mass is 492 g/mol. The Labute approximate surface area is 194 Å². The normalized spacial score (nSPS) is 19.5. The van der Waals surface area contributed by atoms with Crippen molar-refractivity contribution < 1.29 is 17.9 Å². The van der Waals surface area contributed by atoms with E-state index in [2.05, 4.69) is 22.2 Å². The Bertz CT molecular complexity index is 870. The van der Waals surface area contributed by atoms with Gasteiger partial charge in [0.25, 0.3) is 5.91 Å². The van der Waals surface area contributed by atoms with Gasteiger partial charge in [0.1, 0.15) is 4.90 Å². The average Bonchev–Trinajstić information content (AvgIpc) is 2.75. The van der Waals surface area contributed by atoms with Crippen molar-refractivity contribution >= 4 is 39.1 Å². The van der Waals surface area contributed by atoms with Crippen LogP contribution in [0.5, 0.6) is 0 Å². The Hall–Kier alpha value is -0.940. The van der Waals surface area contributed by atoms with Gasteiger partial charge in [-0.3, -0.25) is 4.79 Å². The van der Waals surface area contributed by atoms with Crippen molar-refractivity contribution in [2.24, 2.45) is 0 Å².